The monoisotopic (exact) mass is 470 g/mol. The highest BCUT2D eigenvalue weighted by molar-refractivity contribution is 7.89. The van der Waals surface area contributed by atoms with Crippen LogP contribution in [0, 0.1) is 0 Å². The number of ether oxygens (including phenoxy) is 3. The summed E-state index contributed by atoms with van der Waals surface area (Å²) in [7, 11) is -3.94. The highest BCUT2D eigenvalue weighted by Crippen LogP contribution is 2.32. The molecule has 0 radical (unpaired) electrons. The number of hydrogen-bond donors (Lipinski definition) is 2. The third-order valence-electron chi connectivity index (χ3n) is 4.92. The number of sulfonamides is 1. The molecule has 1 atom stereocenters. The van der Waals surface area contributed by atoms with Gasteiger partial charge in [0.25, 0.3) is 5.91 Å². The quantitative estimate of drug-likeness (QED) is 0.509. The molecule has 0 saturated heterocycles. The molecule has 3 aromatic carbocycles. The molecule has 1 aliphatic heterocycles. The molecule has 0 aliphatic carbocycles. The van der Waals surface area contributed by atoms with Crippen molar-refractivity contribution in [3.63, 3.8) is 0 Å². The zero-order chi connectivity index (χ0) is 23.4. The molecule has 0 aromatic heterocycles. The zero-order valence-electron chi connectivity index (χ0n) is 17.7. The average molecular weight is 471 g/mol. The molecule has 1 unspecified atom stereocenters. The van der Waals surface area contributed by atoms with Crippen LogP contribution in [0.25, 0.3) is 10.8 Å². The van der Waals surface area contributed by atoms with Crippen LogP contribution in [0.2, 0.25) is 0 Å². The number of rotatable bonds is 7. The number of amides is 1. The minimum Gasteiger partial charge on any atom is -0.486 e. The molecule has 33 heavy (non-hydrogen) atoms. The summed E-state index contributed by atoms with van der Waals surface area (Å²) in [5.41, 5.74) is 0.448. The van der Waals surface area contributed by atoms with Crippen molar-refractivity contribution in [3.05, 3.63) is 60.7 Å². The van der Waals surface area contributed by atoms with Gasteiger partial charge in [-0.05, 0) is 42.0 Å². The Bertz CT molecular complexity index is 1310. The van der Waals surface area contributed by atoms with Gasteiger partial charge in [-0.15, -0.1) is 0 Å². The van der Waals surface area contributed by atoms with Crippen molar-refractivity contribution in [2.45, 2.75) is 17.9 Å². The van der Waals surface area contributed by atoms with Gasteiger partial charge in [0.15, 0.2) is 17.6 Å². The second kappa shape index (κ2) is 9.47. The van der Waals surface area contributed by atoms with E-state index in [0.29, 0.717) is 30.4 Å². The van der Waals surface area contributed by atoms with Gasteiger partial charge in [-0.1, -0.05) is 30.3 Å². The number of fused-ring (bicyclic) bond motifs is 2. The Balaban J connectivity index is 1.31. The first kappa shape index (κ1) is 22.6. The lowest BCUT2D eigenvalue weighted by molar-refractivity contribution is -0.151. The highest BCUT2D eigenvalue weighted by Gasteiger charge is 2.21. The van der Waals surface area contributed by atoms with Crippen LogP contribution in [0.15, 0.2) is 65.6 Å². The minimum atomic E-state index is -3.94. The number of nitrogens with one attached hydrogen (secondary N) is 2. The van der Waals surface area contributed by atoms with E-state index in [1.165, 1.54) is 19.1 Å². The third kappa shape index (κ3) is 5.41. The molecule has 0 spiro atoms. The first-order valence-electron chi connectivity index (χ1n) is 10.2. The van der Waals surface area contributed by atoms with Gasteiger partial charge >= 0.3 is 5.97 Å². The summed E-state index contributed by atoms with van der Waals surface area (Å²) in [6.45, 7) is 1.64. The summed E-state index contributed by atoms with van der Waals surface area (Å²) >= 11 is 0. The molecule has 1 aliphatic rings. The lowest BCUT2D eigenvalue weighted by atomic mass is 10.1. The molecule has 2 N–H and O–H groups in total. The fraction of sp³-hybridized carbons (Fsp3) is 0.217. The number of carbonyl (C=O) groups excluding carboxylic acids is 2. The van der Waals surface area contributed by atoms with Crippen molar-refractivity contribution in [1.29, 1.82) is 0 Å². The zero-order valence-corrected chi connectivity index (χ0v) is 18.6. The van der Waals surface area contributed by atoms with Crippen molar-refractivity contribution in [2.75, 3.05) is 25.1 Å². The molecule has 0 bridgehead atoms. The second-order valence-electron chi connectivity index (χ2n) is 7.31. The topological polar surface area (TPSA) is 120 Å². The summed E-state index contributed by atoms with van der Waals surface area (Å²) in [6.07, 6.45) is -1.14. The first-order chi connectivity index (χ1) is 15.8. The van der Waals surface area contributed by atoms with E-state index in [4.69, 9.17) is 14.2 Å². The Hall–Kier alpha value is -3.63. The Kier molecular flexibility index (Phi) is 6.47. The molecule has 172 valence electrons. The Morgan fingerprint density at radius 2 is 1.70 bits per heavy atom. The second-order valence-corrected chi connectivity index (χ2v) is 9.08. The molecule has 0 saturated carbocycles. The number of carbonyl (C=O) groups is 2. The van der Waals surface area contributed by atoms with Crippen molar-refractivity contribution < 1.29 is 32.2 Å². The minimum absolute atomic E-state index is 0.0263. The smallest absolute Gasteiger partial charge is 0.321 e. The van der Waals surface area contributed by atoms with Crippen LogP contribution >= 0.6 is 0 Å². The van der Waals surface area contributed by atoms with E-state index in [2.05, 4.69) is 10.0 Å². The van der Waals surface area contributed by atoms with Crippen LogP contribution in [-0.2, 0) is 24.3 Å². The van der Waals surface area contributed by atoms with E-state index in [1.807, 2.05) is 12.1 Å². The SMILES string of the molecule is CC(OC(=O)CNS(=O)(=O)c1ccc2ccccc2c1)C(=O)Nc1ccc2c(c1)OCCO2. The van der Waals surface area contributed by atoms with E-state index in [-0.39, 0.29) is 4.90 Å². The maximum Gasteiger partial charge on any atom is 0.321 e. The van der Waals surface area contributed by atoms with Gasteiger partial charge in [0, 0.05) is 11.8 Å². The van der Waals surface area contributed by atoms with Gasteiger partial charge in [0.05, 0.1) is 4.90 Å². The molecule has 0 fully saturated rings. The van der Waals surface area contributed by atoms with Crippen LogP contribution in [0.3, 0.4) is 0 Å². The van der Waals surface area contributed by atoms with Crippen molar-refractivity contribution >= 4 is 38.4 Å². The average Bonchev–Trinajstić information content (AvgIpc) is 2.82. The molecule has 10 heteroatoms. The molecule has 1 amide bonds. The standard InChI is InChI=1S/C23H22N2O7S/c1-15(23(27)25-18-7-9-20-21(13-18)31-11-10-30-20)32-22(26)14-24-33(28,29)19-8-6-16-4-2-3-5-17(16)12-19/h2-9,12-13,15,24H,10-11,14H2,1H3,(H,25,27). The van der Waals surface area contributed by atoms with Gasteiger partial charge in [0.2, 0.25) is 10.0 Å². The summed E-state index contributed by atoms with van der Waals surface area (Å²) in [6, 6.07) is 16.9. The van der Waals surface area contributed by atoms with Gasteiger partial charge in [-0.3, -0.25) is 9.59 Å². The Labute approximate surface area is 190 Å². The Morgan fingerprint density at radius 1 is 0.970 bits per heavy atom. The van der Waals surface area contributed by atoms with Gasteiger partial charge < -0.3 is 19.5 Å². The summed E-state index contributed by atoms with van der Waals surface area (Å²) in [5.74, 6) is -0.370. The Morgan fingerprint density at radius 3 is 2.48 bits per heavy atom. The van der Waals surface area contributed by atoms with Crippen molar-refractivity contribution in [1.82, 2.24) is 4.72 Å². The predicted octanol–water partition coefficient (Wildman–Crippen LogP) is 2.46. The van der Waals surface area contributed by atoms with Gasteiger partial charge in [-0.25, -0.2) is 8.42 Å². The van der Waals surface area contributed by atoms with Crippen molar-refractivity contribution in [3.8, 4) is 11.5 Å². The lowest BCUT2D eigenvalue weighted by Crippen LogP contribution is -2.35. The first-order valence-corrected chi connectivity index (χ1v) is 11.7. The fourth-order valence-corrected chi connectivity index (χ4v) is 4.23. The van der Waals surface area contributed by atoms with Gasteiger partial charge in [0.1, 0.15) is 19.8 Å². The van der Waals surface area contributed by atoms with E-state index in [1.54, 1.807) is 36.4 Å². The van der Waals surface area contributed by atoms with E-state index in [0.717, 1.165) is 10.8 Å². The summed E-state index contributed by atoms with van der Waals surface area (Å²) in [4.78, 5) is 24.5. The lowest BCUT2D eigenvalue weighted by Gasteiger charge is -2.19. The number of anilines is 1. The fourth-order valence-electron chi connectivity index (χ4n) is 3.23. The molecular formula is C23H22N2O7S. The molecule has 9 nitrogen and oxygen atoms in total. The number of benzene rings is 3. The van der Waals surface area contributed by atoms with Crippen LogP contribution in [0.5, 0.6) is 11.5 Å². The maximum absolute atomic E-state index is 12.5. The summed E-state index contributed by atoms with van der Waals surface area (Å²) in [5, 5.41) is 4.28. The van der Waals surface area contributed by atoms with E-state index in [9.17, 15) is 18.0 Å². The van der Waals surface area contributed by atoms with E-state index < -0.39 is 34.5 Å². The maximum atomic E-state index is 12.5. The van der Waals surface area contributed by atoms with Crippen molar-refractivity contribution in [2.24, 2.45) is 0 Å². The van der Waals surface area contributed by atoms with E-state index >= 15 is 0 Å². The molecule has 4 rings (SSSR count). The normalized spacial score (nSPS) is 13.8. The van der Waals surface area contributed by atoms with Crippen LogP contribution in [0.4, 0.5) is 5.69 Å². The number of hydrogen-bond acceptors (Lipinski definition) is 7. The molecular weight excluding hydrogens is 448 g/mol. The van der Waals surface area contributed by atoms with Crippen LogP contribution < -0.4 is 19.5 Å². The highest BCUT2D eigenvalue weighted by atomic mass is 32.2. The third-order valence-corrected chi connectivity index (χ3v) is 6.32. The van der Waals surface area contributed by atoms with Crippen LogP contribution in [0.1, 0.15) is 6.92 Å². The summed E-state index contributed by atoms with van der Waals surface area (Å²) < 4.78 is 43.2. The van der Waals surface area contributed by atoms with Gasteiger partial charge in [-0.2, -0.15) is 4.72 Å². The van der Waals surface area contributed by atoms with Crippen LogP contribution in [-0.4, -0.2) is 46.2 Å². The number of esters is 1. The predicted molar refractivity (Wildman–Crippen MR) is 121 cm³/mol. The molecule has 3 aromatic rings. The molecule has 1 heterocycles. The largest absolute Gasteiger partial charge is 0.486 e.